The molecule has 0 radical (unpaired) electrons. The summed E-state index contributed by atoms with van der Waals surface area (Å²) in [6.45, 7) is 11.1. The van der Waals surface area contributed by atoms with Gasteiger partial charge in [-0.05, 0) is 24.5 Å². The van der Waals surface area contributed by atoms with Crippen LogP contribution in [0.1, 0.15) is 12.6 Å². The van der Waals surface area contributed by atoms with Crippen molar-refractivity contribution in [3.63, 3.8) is 0 Å². The number of carbonyl (C=O) groups excluding carboxylic acids is 1. The average Bonchev–Trinajstić information content (AvgIpc) is 3.20. The molecule has 190 valence electrons. The highest BCUT2D eigenvalue weighted by Crippen LogP contribution is 2.41. The topological polar surface area (TPSA) is 167 Å². The number of azo groups is 1. The van der Waals surface area contributed by atoms with E-state index in [1.54, 1.807) is 19.1 Å². The van der Waals surface area contributed by atoms with Gasteiger partial charge in [-0.1, -0.05) is 0 Å². The molecule has 1 heterocycles. The van der Waals surface area contributed by atoms with Crippen molar-refractivity contribution in [1.82, 2.24) is 4.37 Å². The van der Waals surface area contributed by atoms with Gasteiger partial charge in [-0.15, -0.1) is 10.2 Å². The Balaban J connectivity index is 2.43. The quantitative estimate of drug-likeness (QED) is 0.0871. The van der Waals surface area contributed by atoms with Crippen molar-refractivity contribution in [1.29, 1.82) is 0 Å². The number of hydrogen-bond acceptors (Lipinski definition) is 15. The molecule has 0 bridgehead atoms. The van der Waals surface area contributed by atoms with Crippen LogP contribution in [-0.2, 0) is 23.5 Å². The molecule has 0 aliphatic carbocycles. The summed E-state index contributed by atoms with van der Waals surface area (Å²) < 4.78 is 18.3. The lowest BCUT2D eigenvalue weighted by Crippen LogP contribution is -2.29. The number of amides is 1. The third kappa shape index (κ3) is 8.88. The number of hydrogen-bond donors (Lipinski definition) is 1. The average molecular weight is 545 g/mol. The lowest BCUT2D eigenvalue weighted by atomic mass is 10.2. The van der Waals surface area contributed by atoms with Crippen molar-refractivity contribution >= 4 is 69.3 Å². The number of benzene rings is 1. The first-order valence-electron chi connectivity index (χ1n) is 9.61. The SMILES string of the molecule is [C-]#[N+]c1c(C)nsc1N=Nc1cc(OC)c(N(CCSOO[O-])CCSOO[O-])cc1NC(C)=O. The minimum Gasteiger partial charge on any atom is -0.691 e. The van der Waals surface area contributed by atoms with Gasteiger partial charge in [0.05, 0.1) is 30.8 Å². The van der Waals surface area contributed by atoms with Gasteiger partial charge in [0, 0.05) is 61.7 Å². The molecule has 0 atom stereocenters. The van der Waals surface area contributed by atoms with E-state index < -0.39 is 0 Å². The summed E-state index contributed by atoms with van der Waals surface area (Å²) in [6, 6.07) is 3.23. The molecule has 0 fully saturated rings. The molecule has 35 heavy (non-hydrogen) atoms. The van der Waals surface area contributed by atoms with E-state index in [2.05, 4.69) is 43.5 Å². The van der Waals surface area contributed by atoms with Crippen LogP contribution in [0, 0.1) is 13.5 Å². The molecule has 0 spiro atoms. The van der Waals surface area contributed by atoms with Gasteiger partial charge in [-0.25, -0.2) is 9.22 Å². The minimum absolute atomic E-state index is 0.290. The molecule has 0 saturated carbocycles. The molecule has 2 rings (SSSR count). The monoisotopic (exact) mass is 544 g/mol. The lowest BCUT2D eigenvalue weighted by Gasteiger charge is -2.27. The second-order valence-corrected chi connectivity index (χ2v) is 8.67. The van der Waals surface area contributed by atoms with Crippen LogP contribution in [0.5, 0.6) is 5.75 Å². The molecule has 1 aromatic heterocycles. The van der Waals surface area contributed by atoms with E-state index in [0.717, 1.165) is 35.6 Å². The predicted octanol–water partition coefficient (Wildman–Crippen LogP) is 2.93. The number of anilines is 2. The Hall–Kier alpha value is -2.53. The first-order valence-corrected chi connectivity index (χ1v) is 12.2. The summed E-state index contributed by atoms with van der Waals surface area (Å²) in [6.07, 6.45) is 0. The normalized spacial score (nSPS) is 11.0. The maximum atomic E-state index is 11.9. The lowest BCUT2D eigenvalue weighted by molar-refractivity contribution is -0.777. The fraction of sp³-hybridized carbons (Fsp3) is 0.389. The van der Waals surface area contributed by atoms with Crippen LogP contribution in [-0.4, -0.2) is 42.0 Å². The highest BCUT2D eigenvalue weighted by Gasteiger charge is 2.18. The molecule has 0 aliphatic heterocycles. The van der Waals surface area contributed by atoms with E-state index in [0.29, 0.717) is 58.1 Å². The van der Waals surface area contributed by atoms with Gasteiger partial charge in [-0.2, -0.15) is 8.67 Å². The summed E-state index contributed by atoms with van der Waals surface area (Å²) in [5, 5.41) is 38.2. The molecule has 0 aliphatic rings. The van der Waals surface area contributed by atoms with Gasteiger partial charge in [0.15, 0.2) is 5.00 Å². The maximum Gasteiger partial charge on any atom is 0.247 e. The van der Waals surface area contributed by atoms with Crippen molar-refractivity contribution in [2.24, 2.45) is 10.2 Å². The summed E-state index contributed by atoms with van der Waals surface area (Å²) in [5.41, 5.74) is 2.05. The van der Waals surface area contributed by atoms with E-state index in [1.165, 1.54) is 14.0 Å². The van der Waals surface area contributed by atoms with Gasteiger partial charge >= 0.3 is 0 Å². The van der Waals surface area contributed by atoms with Crippen molar-refractivity contribution < 1.29 is 38.8 Å². The Bertz CT molecular complexity index is 1040. The number of nitrogens with zero attached hydrogens (tertiary/aromatic N) is 5. The second-order valence-electron chi connectivity index (χ2n) is 6.36. The second kappa shape index (κ2) is 15.5. The zero-order valence-corrected chi connectivity index (χ0v) is 21.2. The van der Waals surface area contributed by atoms with E-state index in [-0.39, 0.29) is 11.6 Å². The Morgan fingerprint density at radius 2 is 1.89 bits per heavy atom. The molecule has 1 N–H and O–H groups in total. The number of ether oxygens (including phenoxy) is 1. The number of rotatable bonds is 15. The smallest absolute Gasteiger partial charge is 0.247 e. The number of nitrogens with one attached hydrogen (secondary N) is 1. The summed E-state index contributed by atoms with van der Waals surface area (Å²) in [7, 11) is 1.46. The molecule has 1 amide bonds. The molecule has 0 unspecified atom stereocenters. The summed E-state index contributed by atoms with van der Waals surface area (Å²) in [4.78, 5) is 17.1. The third-order valence-corrected chi connectivity index (χ3v) is 5.98. The van der Waals surface area contributed by atoms with Crippen LogP contribution in [0.4, 0.5) is 27.8 Å². The number of methoxy groups -OCH3 is 1. The molecule has 17 heteroatoms. The van der Waals surface area contributed by atoms with Gasteiger partial charge in [-0.3, -0.25) is 14.9 Å². The van der Waals surface area contributed by atoms with E-state index in [1.807, 2.05) is 4.90 Å². The first-order chi connectivity index (χ1) is 16.9. The van der Waals surface area contributed by atoms with E-state index in [4.69, 9.17) is 11.3 Å². The molecule has 2 aromatic rings. The van der Waals surface area contributed by atoms with Gasteiger partial charge in [0.25, 0.3) is 0 Å². The van der Waals surface area contributed by atoms with Crippen molar-refractivity contribution in [2.75, 3.05) is 41.9 Å². The van der Waals surface area contributed by atoms with Gasteiger partial charge < -0.3 is 25.5 Å². The number of carbonyl (C=O) groups is 1. The van der Waals surface area contributed by atoms with Crippen molar-refractivity contribution in [3.05, 3.63) is 29.2 Å². The van der Waals surface area contributed by atoms with Crippen LogP contribution in [0.25, 0.3) is 4.85 Å². The Morgan fingerprint density at radius 3 is 2.43 bits per heavy atom. The maximum absolute atomic E-state index is 11.9. The van der Waals surface area contributed by atoms with Crippen LogP contribution >= 0.6 is 35.6 Å². The number of aryl methyl sites for hydroxylation is 1. The molecular formula is C18H20N6O8S3-2. The van der Waals surface area contributed by atoms with Crippen LogP contribution < -0.4 is 25.5 Å². The molecule has 14 nitrogen and oxygen atoms in total. The Labute approximate surface area is 213 Å². The largest absolute Gasteiger partial charge is 0.691 e. The zero-order valence-electron chi connectivity index (χ0n) is 18.7. The third-order valence-electron chi connectivity index (χ3n) is 4.16. The zero-order chi connectivity index (χ0) is 25.6. The minimum atomic E-state index is -0.340. The first kappa shape index (κ1) is 28.7. The van der Waals surface area contributed by atoms with E-state index in [9.17, 15) is 15.3 Å². The predicted molar refractivity (Wildman–Crippen MR) is 126 cm³/mol. The fourth-order valence-corrected chi connectivity index (χ4v) is 4.21. The summed E-state index contributed by atoms with van der Waals surface area (Å²) in [5.74, 6) is 0.718. The van der Waals surface area contributed by atoms with Crippen molar-refractivity contribution in [2.45, 2.75) is 13.8 Å². The molecule has 1 aromatic carbocycles. The highest BCUT2D eigenvalue weighted by molar-refractivity contribution is 7.94. The Morgan fingerprint density at radius 1 is 1.23 bits per heavy atom. The van der Waals surface area contributed by atoms with Crippen LogP contribution in [0.3, 0.4) is 0 Å². The Kier molecular flexibility index (Phi) is 12.7. The molecular weight excluding hydrogens is 524 g/mol. The van der Waals surface area contributed by atoms with Gasteiger partial charge in [0.2, 0.25) is 11.6 Å². The fourth-order valence-electron chi connectivity index (χ4n) is 2.74. The van der Waals surface area contributed by atoms with Crippen LogP contribution in [0.2, 0.25) is 0 Å². The number of aromatic nitrogens is 1. The van der Waals surface area contributed by atoms with Gasteiger partial charge in [0.1, 0.15) is 11.4 Å². The molecule has 0 saturated heterocycles. The van der Waals surface area contributed by atoms with Crippen LogP contribution in [0.15, 0.2) is 22.4 Å². The summed E-state index contributed by atoms with van der Waals surface area (Å²) >= 11 is 2.64. The van der Waals surface area contributed by atoms with Crippen molar-refractivity contribution in [3.8, 4) is 5.75 Å². The highest BCUT2D eigenvalue weighted by atomic mass is 32.2. The van der Waals surface area contributed by atoms with E-state index >= 15 is 0 Å². The standard InChI is InChI=1S/C18H22N6O8S3/c1-11-17(19-3)18(35-23-11)22-21-14-10-16(28-4)15(9-13(14)20-12(2)25)24(5-7-33-31-29-26)6-8-34-32-30-27/h9-10,26-27H,5-8H2,1-2,4H3,(H,20,25)/p-2.